The first-order valence-corrected chi connectivity index (χ1v) is 9.90. The Labute approximate surface area is 174 Å². The van der Waals surface area contributed by atoms with Gasteiger partial charge in [0, 0.05) is 43.8 Å². The molecule has 0 unspecified atom stereocenters. The normalized spacial score (nSPS) is 11.3. The van der Waals surface area contributed by atoms with Crippen molar-refractivity contribution in [3.63, 3.8) is 0 Å². The van der Waals surface area contributed by atoms with E-state index in [1.807, 2.05) is 62.2 Å². The first kappa shape index (κ1) is 22.5. The lowest BCUT2D eigenvalue weighted by molar-refractivity contribution is 0.0988. The van der Waals surface area contributed by atoms with E-state index in [2.05, 4.69) is 19.9 Å². The van der Waals surface area contributed by atoms with Crippen LogP contribution in [-0.2, 0) is 4.74 Å². The molecule has 1 heterocycles. The van der Waals surface area contributed by atoms with Crippen LogP contribution in [0.5, 0.6) is 0 Å². The van der Waals surface area contributed by atoms with Crippen LogP contribution >= 0.6 is 0 Å². The molecule has 1 aromatic carbocycles. The molecule has 0 spiro atoms. The minimum absolute atomic E-state index is 0.127. The van der Waals surface area contributed by atoms with Crippen molar-refractivity contribution >= 4 is 23.5 Å². The molecule has 0 saturated heterocycles. The van der Waals surface area contributed by atoms with Crippen molar-refractivity contribution in [3.05, 3.63) is 53.1 Å². The van der Waals surface area contributed by atoms with Gasteiger partial charge in [0.2, 0.25) is 0 Å². The molecule has 0 amide bonds. The molecule has 0 fully saturated rings. The van der Waals surface area contributed by atoms with Crippen LogP contribution < -0.4 is 0 Å². The summed E-state index contributed by atoms with van der Waals surface area (Å²) >= 11 is 0. The van der Waals surface area contributed by atoms with Gasteiger partial charge in [-0.1, -0.05) is 36.8 Å². The molecule has 0 radical (unpaired) electrons. The second kappa shape index (κ2) is 10.7. The minimum atomic E-state index is 0.127. The number of likely N-dealkylation sites (N-methyl/N-ethyl adjacent to an activating group) is 1. The van der Waals surface area contributed by atoms with Gasteiger partial charge in [0.1, 0.15) is 5.84 Å². The maximum Gasteiger partial charge on any atom is 0.162 e. The molecule has 0 aliphatic rings. The quantitative estimate of drug-likeness (QED) is 0.343. The lowest BCUT2D eigenvalue weighted by Gasteiger charge is -2.18. The van der Waals surface area contributed by atoms with Gasteiger partial charge in [-0.3, -0.25) is 4.79 Å². The van der Waals surface area contributed by atoms with Gasteiger partial charge < -0.3 is 9.64 Å². The van der Waals surface area contributed by atoms with Crippen molar-refractivity contribution in [1.82, 2.24) is 9.88 Å². The van der Waals surface area contributed by atoms with E-state index in [1.165, 1.54) is 5.57 Å². The number of benzene rings is 1. The van der Waals surface area contributed by atoms with E-state index in [1.54, 1.807) is 7.11 Å². The van der Waals surface area contributed by atoms with Gasteiger partial charge in [0.15, 0.2) is 11.6 Å². The molecule has 1 aromatic heterocycles. The summed E-state index contributed by atoms with van der Waals surface area (Å²) in [6.07, 6.45) is 2.56. The lowest BCUT2D eigenvalue weighted by atomic mass is 10.0. The number of pyridine rings is 1. The summed E-state index contributed by atoms with van der Waals surface area (Å²) in [7, 11) is 3.68. The number of methoxy groups -OCH3 is 1. The number of hydrogen-bond donors (Lipinski definition) is 0. The first-order valence-electron chi connectivity index (χ1n) is 9.90. The van der Waals surface area contributed by atoms with E-state index in [9.17, 15) is 4.79 Å². The molecular formula is C24H31N3O2. The van der Waals surface area contributed by atoms with Crippen LogP contribution in [0.25, 0.3) is 17.3 Å². The fourth-order valence-electron chi connectivity index (χ4n) is 2.82. The van der Waals surface area contributed by atoms with Crippen LogP contribution in [0.2, 0.25) is 0 Å². The standard InChI is InChI=1S/C24H31N3O2/c1-7-23(28)20-10-8-9-19(16-20)22-12-11-21(15-17(2)3)24(26-22)25-18(4)27(5)13-14-29-6/h8-12,15-16H,7,13-14H2,1-6H3. The number of carbonyl (C=O) groups excluding carboxylic acids is 1. The third-order valence-corrected chi connectivity index (χ3v) is 4.60. The SMILES string of the molecule is CCC(=O)c1cccc(-c2ccc(C=C(C)C)c(N=C(C)N(C)CCOC)n2)c1. The molecule has 2 aromatic rings. The van der Waals surface area contributed by atoms with Crippen LogP contribution in [0, 0.1) is 0 Å². The summed E-state index contributed by atoms with van der Waals surface area (Å²) in [5.41, 5.74) is 4.56. The maximum absolute atomic E-state index is 12.1. The second-order valence-electron chi connectivity index (χ2n) is 7.26. The van der Waals surface area contributed by atoms with Crippen LogP contribution in [0.4, 0.5) is 5.82 Å². The van der Waals surface area contributed by atoms with Crippen molar-refractivity contribution in [2.75, 3.05) is 27.3 Å². The number of ketones is 1. The highest BCUT2D eigenvalue weighted by atomic mass is 16.5. The van der Waals surface area contributed by atoms with Gasteiger partial charge in [-0.25, -0.2) is 9.98 Å². The minimum Gasteiger partial charge on any atom is -0.383 e. The van der Waals surface area contributed by atoms with Gasteiger partial charge in [-0.2, -0.15) is 0 Å². The number of ether oxygens (including phenoxy) is 1. The summed E-state index contributed by atoms with van der Waals surface area (Å²) in [4.78, 5) is 23.7. The van der Waals surface area contributed by atoms with Crippen molar-refractivity contribution in [1.29, 1.82) is 0 Å². The predicted octanol–water partition coefficient (Wildman–Crippen LogP) is 5.39. The zero-order valence-corrected chi connectivity index (χ0v) is 18.3. The number of Topliss-reactive ketones (excluding diaryl/α,β-unsaturated/α-hetero) is 1. The van der Waals surface area contributed by atoms with E-state index in [0.29, 0.717) is 24.4 Å². The average molecular weight is 394 g/mol. The van der Waals surface area contributed by atoms with E-state index in [0.717, 1.165) is 29.2 Å². The van der Waals surface area contributed by atoms with Crippen LogP contribution in [0.15, 0.2) is 47.0 Å². The number of hydrogen-bond acceptors (Lipinski definition) is 4. The third-order valence-electron chi connectivity index (χ3n) is 4.60. The van der Waals surface area contributed by atoms with Crippen LogP contribution in [0.3, 0.4) is 0 Å². The van der Waals surface area contributed by atoms with Gasteiger partial charge in [-0.15, -0.1) is 0 Å². The molecule has 0 bridgehead atoms. The fraction of sp³-hybridized carbons (Fsp3) is 0.375. The number of aliphatic imine (C=N–C) groups is 1. The third kappa shape index (κ3) is 6.36. The second-order valence-corrected chi connectivity index (χ2v) is 7.26. The zero-order chi connectivity index (χ0) is 21.4. The smallest absolute Gasteiger partial charge is 0.162 e. The molecule has 5 nitrogen and oxygen atoms in total. The Morgan fingerprint density at radius 2 is 1.97 bits per heavy atom. The monoisotopic (exact) mass is 393 g/mol. The van der Waals surface area contributed by atoms with E-state index in [4.69, 9.17) is 14.7 Å². The summed E-state index contributed by atoms with van der Waals surface area (Å²) in [6.45, 7) is 9.34. The Balaban J connectivity index is 2.49. The van der Waals surface area contributed by atoms with Gasteiger partial charge in [0.05, 0.1) is 12.3 Å². The summed E-state index contributed by atoms with van der Waals surface area (Å²) in [5.74, 6) is 1.66. The van der Waals surface area contributed by atoms with Crippen LogP contribution in [-0.4, -0.2) is 48.8 Å². The Hall–Kier alpha value is -2.79. The maximum atomic E-state index is 12.1. The molecule has 0 aliphatic heterocycles. The Kier molecular flexibility index (Phi) is 8.28. The highest BCUT2D eigenvalue weighted by molar-refractivity contribution is 5.97. The number of rotatable bonds is 8. The zero-order valence-electron chi connectivity index (χ0n) is 18.3. The lowest BCUT2D eigenvalue weighted by Crippen LogP contribution is -2.27. The van der Waals surface area contributed by atoms with Gasteiger partial charge >= 0.3 is 0 Å². The number of nitrogens with zero attached hydrogens (tertiary/aromatic N) is 3. The number of carbonyl (C=O) groups is 1. The fourth-order valence-corrected chi connectivity index (χ4v) is 2.82. The van der Waals surface area contributed by atoms with Crippen molar-refractivity contribution < 1.29 is 9.53 Å². The largest absolute Gasteiger partial charge is 0.383 e. The molecule has 0 saturated carbocycles. The van der Waals surface area contributed by atoms with Crippen LogP contribution in [0.1, 0.15) is 50.0 Å². The molecule has 0 atom stereocenters. The number of aromatic nitrogens is 1. The van der Waals surface area contributed by atoms with E-state index in [-0.39, 0.29) is 5.78 Å². The van der Waals surface area contributed by atoms with E-state index >= 15 is 0 Å². The molecule has 0 N–H and O–H groups in total. The topological polar surface area (TPSA) is 54.8 Å². The molecule has 154 valence electrons. The summed E-state index contributed by atoms with van der Waals surface area (Å²) < 4.78 is 5.16. The number of allylic oxidation sites excluding steroid dienone is 1. The van der Waals surface area contributed by atoms with Crippen molar-refractivity contribution in [3.8, 4) is 11.3 Å². The average Bonchev–Trinajstić information content (AvgIpc) is 2.72. The summed E-state index contributed by atoms with van der Waals surface area (Å²) in [5, 5.41) is 0. The first-order chi connectivity index (χ1) is 13.8. The molecule has 29 heavy (non-hydrogen) atoms. The molecular weight excluding hydrogens is 362 g/mol. The Morgan fingerprint density at radius 3 is 2.62 bits per heavy atom. The van der Waals surface area contributed by atoms with E-state index < -0.39 is 0 Å². The summed E-state index contributed by atoms with van der Waals surface area (Å²) in [6, 6.07) is 11.6. The molecule has 5 heteroatoms. The number of amidine groups is 1. The highest BCUT2D eigenvalue weighted by Gasteiger charge is 2.10. The molecule has 2 rings (SSSR count). The van der Waals surface area contributed by atoms with Crippen molar-refractivity contribution in [2.24, 2.45) is 4.99 Å². The predicted molar refractivity (Wildman–Crippen MR) is 121 cm³/mol. The highest BCUT2D eigenvalue weighted by Crippen LogP contribution is 2.26. The van der Waals surface area contributed by atoms with Crippen molar-refractivity contribution in [2.45, 2.75) is 34.1 Å². The Morgan fingerprint density at radius 1 is 1.21 bits per heavy atom. The van der Waals surface area contributed by atoms with Gasteiger partial charge in [-0.05, 0) is 39.0 Å². The van der Waals surface area contributed by atoms with Gasteiger partial charge in [0.25, 0.3) is 0 Å². The molecule has 0 aliphatic carbocycles. The Bertz CT molecular complexity index is 912.